The van der Waals surface area contributed by atoms with E-state index in [-0.39, 0.29) is 17.6 Å². The number of anilines is 1. The Balaban J connectivity index is 2.11. The highest BCUT2D eigenvalue weighted by Gasteiger charge is 2.41. The standard InChI is InChI=1S/C13H15ClN2O3/c1-7-5-8(9(6-7)13(18)19)12(17)16-11-10(14)3-2-4-15-11/h2-4,7-9H,5-6H2,1H3,(H,18,19)(H,15,16,17). The van der Waals surface area contributed by atoms with Crippen LogP contribution in [-0.4, -0.2) is 22.0 Å². The first-order valence-corrected chi connectivity index (χ1v) is 6.51. The van der Waals surface area contributed by atoms with Gasteiger partial charge in [0.15, 0.2) is 5.82 Å². The second kappa shape index (κ2) is 5.57. The Morgan fingerprint density at radius 3 is 2.74 bits per heavy atom. The van der Waals surface area contributed by atoms with Crippen LogP contribution in [0.15, 0.2) is 18.3 Å². The number of aliphatic carboxylic acids is 1. The number of nitrogens with zero attached hydrogens (tertiary/aromatic N) is 1. The zero-order valence-corrected chi connectivity index (χ0v) is 11.2. The highest BCUT2D eigenvalue weighted by molar-refractivity contribution is 6.33. The van der Waals surface area contributed by atoms with Crippen LogP contribution < -0.4 is 5.32 Å². The summed E-state index contributed by atoms with van der Waals surface area (Å²) in [4.78, 5) is 27.3. The summed E-state index contributed by atoms with van der Waals surface area (Å²) in [6, 6.07) is 3.28. The molecule has 0 bridgehead atoms. The van der Waals surface area contributed by atoms with E-state index >= 15 is 0 Å². The Bertz CT molecular complexity index is 506. The normalized spacial score (nSPS) is 26.1. The molecule has 0 aromatic carbocycles. The van der Waals surface area contributed by atoms with Crippen LogP contribution in [0.4, 0.5) is 5.82 Å². The molecule has 6 heteroatoms. The molecule has 102 valence electrons. The molecule has 1 aliphatic carbocycles. The lowest BCUT2D eigenvalue weighted by molar-refractivity contribution is -0.145. The number of rotatable bonds is 3. The molecule has 0 spiro atoms. The van der Waals surface area contributed by atoms with Crippen molar-refractivity contribution in [2.75, 3.05) is 5.32 Å². The van der Waals surface area contributed by atoms with E-state index in [2.05, 4.69) is 10.3 Å². The number of aromatic nitrogens is 1. The molecule has 1 aromatic rings. The minimum atomic E-state index is -0.920. The van der Waals surface area contributed by atoms with Gasteiger partial charge in [0.2, 0.25) is 5.91 Å². The molecule has 1 amide bonds. The van der Waals surface area contributed by atoms with Crippen molar-refractivity contribution in [1.82, 2.24) is 4.98 Å². The summed E-state index contributed by atoms with van der Waals surface area (Å²) >= 11 is 5.91. The fraction of sp³-hybridized carbons (Fsp3) is 0.462. The highest BCUT2D eigenvalue weighted by Crippen LogP contribution is 2.37. The first kappa shape index (κ1) is 13.8. The molecule has 2 rings (SSSR count). The van der Waals surface area contributed by atoms with Gasteiger partial charge in [-0.05, 0) is 30.9 Å². The number of carbonyl (C=O) groups is 2. The third-order valence-electron chi connectivity index (χ3n) is 3.45. The second-order valence-corrected chi connectivity index (χ2v) is 5.36. The minimum absolute atomic E-state index is 0.232. The summed E-state index contributed by atoms with van der Waals surface area (Å²) < 4.78 is 0. The summed E-state index contributed by atoms with van der Waals surface area (Å²) in [5, 5.41) is 12.1. The Morgan fingerprint density at radius 2 is 2.11 bits per heavy atom. The minimum Gasteiger partial charge on any atom is -0.481 e. The predicted octanol–water partition coefficient (Wildman–Crippen LogP) is 2.42. The second-order valence-electron chi connectivity index (χ2n) is 4.95. The summed E-state index contributed by atoms with van der Waals surface area (Å²) in [5.74, 6) is -1.88. The van der Waals surface area contributed by atoms with E-state index in [1.807, 2.05) is 6.92 Å². The molecule has 5 nitrogen and oxygen atoms in total. The molecular weight excluding hydrogens is 268 g/mol. The lowest BCUT2D eigenvalue weighted by Crippen LogP contribution is -2.30. The smallest absolute Gasteiger partial charge is 0.307 e. The van der Waals surface area contributed by atoms with Crippen molar-refractivity contribution in [3.05, 3.63) is 23.4 Å². The highest BCUT2D eigenvalue weighted by atomic mass is 35.5. The molecule has 19 heavy (non-hydrogen) atoms. The van der Waals surface area contributed by atoms with Gasteiger partial charge in [-0.3, -0.25) is 9.59 Å². The lowest BCUT2D eigenvalue weighted by atomic mass is 9.95. The van der Waals surface area contributed by atoms with Crippen LogP contribution >= 0.6 is 11.6 Å². The van der Waals surface area contributed by atoms with Crippen LogP contribution in [0.25, 0.3) is 0 Å². The average Bonchev–Trinajstić information content (AvgIpc) is 2.74. The van der Waals surface area contributed by atoms with Crippen molar-refractivity contribution >= 4 is 29.3 Å². The molecule has 0 radical (unpaired) electrons. The van der Waals surface area contributed by atoms with E-state index in [0.717, 1.165) is 0 Å². The van der Waals surface area contributed by atoms with Crippen molar-refractivity contribution in [2.45, 2.75) is 19.8 Å². The number of hydrogen-bond acceptors (Lipinski definition) is 3. The number of halogens is 1. The van der Waals surface area contributed by atoms with Gasteiger partial charge in [-0.1, -0.05) is 18.5 Å². The monoisotopic (exact) mass is 282 g/mol. The number of nitrogens with one attached hydrogen (secondary N) is 1. The zero-order valence-electron chi connectivity index (χ0n) is 10.5. The van der Waals surface area contributed by atoms with E-state index in [1.54, 1.807) is 12.1 Å². The fourth-order valence-electron chi connectivity index (χ4n) is 2.54. The lowest BCUT2D eigenvalue weighted by Gasteiger charge is -2.15. The van der Waals surface area contributed by atoms with Gasteiger partial charge >= 0.3 is 5.97 Å². The van der Waals surface area contributed by atoms with Crippen LogP contribution in [0, 0.1) is 17.8 Å². The number of carboxylic acids is 1. The zero-order chi connectivity index (χ0) is 14.0. The Kier molecular flexibility index (Phi) is 4.04. The molecule has 1 aromatic heterocycles. The Hall–Kier alpha value is -1.62. The van der Waals surface area contributed by atoms with Gasteiger partial charge in [-0.15, -0.1) is 0 Å². The number of carboxylic acid groups (broad SMARTS) is 1. The van der Waals surface area contributed by atoms with Crippen molar-refractivity contribution in [2.24, 2.45) is 17.8 Å². The predicted molar refractivity (Wildman–Crippen MR) is 70.9 cm³/mol. The summed E-state index contributed by atoms with van der Waals surface area (Å²) in [7, 11) is 0. The molecule has 2 N–H and O–H groups in total. The summed E-state index contributed by atoms with van der Waals surface area (Å²) in [5.41, 5.74) is 0. The molecule has 1 saturated carbocycles. The number of pyridine rings is 1. The third-order valence-corrected chi connectivity index (χ3v) is 3.76. The van der Waals surface area contributed by atoms with Gasteiger partial charge in [-0.25, -0.2) is 4.98 Å². The Morgan fingerprint density at radius 1 is 1.42 bits per heavy atom. The van der Waals surface area contributed by atoms with Crippen molar-refractivity contribution in [1.29, 1.82) is 0 Å². The molecular formula is C13H15ClN2O3. The number of carbonyl (C=O) groups excluding carboxylic acids is 1. The van der Waals surface area contributed by atoms with E-state index in [1.165, 1.54) is 6.20 Å². The summed E-state index contributed by atoms with van der Waals surface area (Å²) in [6.07, 6.45) is 2.63. The van der Waals surface area contributed by atoms with E-state index in [4.69, 9.17) is 16.7 Å². The van der Waals surface area contributed by atoms with Crippen LogP contribution in [0.1, 0.15) is 19.8 Å². The summed E-state index contributed by atoms with van der Waals surface area (Å²) in [6.45, 7) is 1.96. The first-order valence-electron chi connectivity index (χ1n) is 6.13. The van der Waals surface area contributed by atoms with Crippen molar-refractivity contribution < 1.29 is 14.7 Å². The van der Waals surface area contributed by atoms with Crippen LogP contribution in [0.2, 0.25) is 5.02 Å². The molecule has 0 aliphatic heterocycles. The molecule has 1 fully saturated rings. The van der Waals surface area contributed by atoms with E-state index in [0.29, 0.717) is 17.9 Å². The van der Waals surface area contributed by atoms with Crippen molar-refractivity contribution in [3.63, 3.8) is 0 Å². The molecule has 1 heterocycles. The third kappa shape index (κ3) is 3.04. The topological polar surface area (TPSA) is 79.3 Å². The van der Waals surface area contributed by atoms with Gasteiger partial charge in [-0.2, -0.15) is 0 Å². The van der Waals surface area contributed by atoms with Gasteiger partial charge in [0.05, 0.1) is 16.9 Å². The SMILES string of the molecule is CC1CC(C(=O)O)C(C(=O)Nc2ncccc2Cl)C1. The van der Waals surface area contributed by atoms with Crippen molar-refractivity contribution in [3.8, 4) is 0 Å². The molecule has 3 unspecified atom stereocenters. The van der Waals surface area contributed by atoms with Crippen LogP contribution in [0.5, 0.6) is 0 Å². The number of hydrogen-bond donors (Lipinski definition) is 2. The maximum atomic E-state index is 12.2. The Labute approximate surface area is 116 Å². The quantitative estimate of drug-likeness (QED) is 0.892. The van der Waals surface area contributed by atoms with Gasteiger partial charge in [0.1, 0.15) is 0 Å². The first-order chi connectivity index (χ1) is 8.99. The van der Waals surface area contributed by atoms with E-state index < -0.39 is 17.8 Å². The molecule has 0 saturated heterocycles. The maximum Gasteiger partial charge on any atom is 0.307 e. The van der Waals surface area contributed by atoms with Gasteiger partial charge in [0, 0.05) is 6.20 Å². The largest absolute Gasteiger partial charge is 0.481 e. The molecule has 3 atom stereocenters. The van der Waals surface area contributed by atoms with Crippen LogP contribution in [-0.2, 0) is 9.59 Å². The van der Waals surface area contributed by atoms with E-state index in [9.17, 15) is 9.59 Å². The van der Waals surface area contributed by atoms with Gasteiger partial charge in [0.25, 0.3) is 0 Å². The fourth-order valence-corrected chi connectivity index (χ4v) is 2.71. The average molecular weight is 283 g/mol. The maximum absolute atomic E-state index is 12.2. The number of amides is 1. The van der Waals surface area contributed by atoms with Gasteiger partial charge < -0.3 is 10.4 Å². The molecule has 1 aliphatic rings. The van der Waals surface area contributed by atoms with Crippen LogP contribution in [0.3, 0.4) is 0 Å².